The van der Waals surface area contributed by atoms with Crippen LogP contribution in [0, 0.1) is 0 Å². The molecule has 3 rings (SSSR count). The Labute approximate surface area is 119 Å². The maximum Gasteiger partial charge on any atom is 0.168 e. The molecule has 0 amide bonds. The largest absolute Gasteiger partial charge is 0.394 e. The molecule has 1 aliphatic rings. The van der Waals surface area contributed by atoms with Crippen molar-refractivity contribution >= 4 is 23.1 Å². The molecule has 1 saturated heterocycles. The zero-order valence-electron chi connectivity index (χ0n) is 11.0. The Bertz CT molecular complexity index is 688. The minimum Gasteiger partial charge on any atom is -0.394 e. The molecule has 112 valence electrons. The van der Waals surface area contributed by atoms with Gasteiger partial charge in [0.05, 0.1) is 12.9 Å². The lowest BCUT2D eigenvalue weighted by Crippen LogP contribution is -2.33. The number of hydrogen-bond acceptors (Lipinski definition) is 8. The van der Waals surface area contributed by atoms with Crippen molar-refractivity contribution in [2.75, 3.05) is 12.3 Å². The number of aliphatic hydroxyl groups excluding tert-OH is 3. The molecule has 0 bridgehead atoms. The van der Waals surface area contributed by atoms with E-state index in [1.807, 2.05) is 0 Å². The molecular formula is C12H15N5O4. The summed E-state index contributed by atoms with van der Waals surface area (Å²) in [6, 6.07) is 0. The summed E-state index contributed by atoms with van der Waals surface area (Å²) in [6.45, 7) is 3.17. The average Bonchev–Trinajstić information content (AvgIpc) is 3.02. The fourth-order valence-corrected chi connectivity index (χ4v) is 2.34. The van der Waals surface area contributed by atoms with Crippen LogP contribution in [0.25, 0.3) is 17.2 Å². The van der Waals surface area contributed by atoms with Crippen molar-refractivity contribution in [2.45, 2.75) is 24.5 Å². The van der Waals surface area contributed by atoms with E-state index < -0.39 is 31.1 Å². The maximum absolute atomic E-state index is 10.1. The number of fused-ring (bicyclic) bond motifs is 1. The molecule has 9 nitrogen and oxygen atoms in total. The van der Waals surface area contributed by atoms with Crippen molar-refractivity contribution in [1.82, 2.24) is 19.5 Å². The third kappa shape index (κ3) is 2.07. The number of hydrogen-bond donors (Lipinski definition) is 4. The molecular weight excluding hydrogens is 278 g/mol. The van der Waals surface area contributed by atoms with Gasteiger partial charge in [0.15, 0.2) is 23.5 Å². The normalized spacial score (nSPS) is 29.1. The molecule has 0 spiro atoms. The Morgan fingerprint density at radius 3 is 2.76 bits per heavy atom. The smallest absolute Gasteiger partial charge is 0.168 e. The Balaban J connectivity index is 2.09. The molecule has 4 atom stereocenters. The second kappa shape index (κ2) is 5.04. The van der Waals surface area contributed by atoms with Gasteiger partial charge >= 0.3 is 0 Å². The van der Waals surface area contributed by atoms with E-state index in [0.29, 0.717) is 17.0 Å². The third-order valence-corrected chi connectivity index (χ3v) is 3.44. The molecule has 0 radical (unpaired) electrons. The first-order valence-electron chi connectivity index (χ1n) is 6.31. The third-order valence-electron chi connectivity index (χ3n) is 3.44. The fourth-order valence-electron chi connectivity index (χ4n) is 2.34. The van der Waals surface area contributed by atoms with Crippen LogP contribution in [0.5, 0.6) is 0 Å². The highest BCUT2D eigenvalue weighted by molar-refractivity contribution is 5.82. The predicted octanol–water partition coefficient (Wildman–Crippen LogP) is -1.34. The van der Waals surface area contributed by atoms with E-state index in [2.05, 4.69) is 21.5 Å². The van der Waals surface area contributed by atoms with E-state index in [0.717, 1.165) is 0 Å². The number of nitrogens with zero attached hydrogens (tertiary/aromatic N) is 4. The van der Waals surface area contributed by atoms with Crippen LogP contribution in [-0.4, -0.2) is 59.8 Å². The second-order valence-electron chi connectivity index (χ2n) is 4.72. The van der Waals surface area contributed by atoms with E-state index >= 15 is 0 Å². The number of aliphatic hydroxyl groups is 3. The topological polar surface area (TPSA) is 140 Å². The highest BCUT2D eigenvalue weighted by Crippen LogP contribution is 2.31. The molecule has 2 aromatic heterocycles. The summed E-state index contributed by atoms with van der Waals surface area (Å²) in [5, 5.41) is 29.0. The van der Waals surface area contributed by atoms with Crippen molar-refractivity contribution in [1.29, 1.82) is 0 Å². The van der Waals surface area contributed by atoms with Crippen LogP contribution in [0.3, 0.4) is 0 Å². The molecule has 1 aliphatic heterocycles. The molecule has 1 unspecified atom stereocenters. The van der Waals surface area contributed by atoms with Crippen molar-refractivity contribution in [2.24, 2.45) is 0 Å². The van der Waals surface area contributed by atoms with Crippen LogP contribution in [0.1, 0.15) is 12.1 Å². The Morgan fingerprint density at radius 2 is 2.14 bits per heavy atom. The number of nitrogen functional groups attached to an aromatic ring is 1. The SMILES string of the molecule is C=Cc1nc(N)c2ncn([C@@H]3O[C@H](CO)C(O)[C@@H]3O)c2n1. The zero-order chi connectivity index (χ0) is 15.1. The Hall–Kier alpha value is -2.07. The fraction of sp³-hybridized carbons (Fsp3) is 0.417. The van der Waals surface area contributed by atoms with Gasteiger partial charge < -0.3 is 25.8 Å². The van der Waals surface area contributed by atoms with Gasteiger partial charge in [-0.1, -0.05) is 6.58 Å². The number of aromatic nitrogens is 4. The first-order valence-corrected chi connectivity index (χ1v) is 6.31. The van der Waals surface area contributed by atoms with E-state index in [1.165, 1.54) is 17.0 Å². The number of anilines is 1. The molecule has 2 aromatic rings. The van der Waals surface area contributed by atoms with Crippen LogP contribution in [0.4, 0.5) is 5.82 Å². The summed E-state index contributed by atoms with van der Waals surface area (Å²) in [6.07, 6.45) is -1.39. The number of ether oxygens (including phenoxy) is 1. The van der Waals surface area contributed by atoms with Gasteiger partial charge in [-0.15, -0.1) is 0 Å². The maximum atomic E-state index is 10.1. The summed E-state index contributed by atoms with van der Waals surface area (Å²) in [4.78, 5) is 12.3. The summed E-state index contributed by atoms with van der Waals surface area (Å²) < 4.78 is 6.90. The average molecular weight is 293 g/mol. The predicted molar refractivity (Wildman–Crippen MR) is 72.8 cm³/mol. The molecule has 0 aromatic carbocycles. The molecule has 3 heterocycles. The highest BCUT2D eigenvalue weighted by Gasteiger charge is 2.44. The van der Waals surface area contributed by atoms with E-state index in [-0.39, 0.29) is 5.82 Å². The van der Waals surface area contributed by atoms with Gasteiger partial charge in [-0.3, -0.25) is 4.57 Å². The first kappa shape index (κ1) is 13.9. The van der Waals surface area contributed by atoms with Crippen LogP contribution in [-0.2, 0) is 4.74 Å². The number of imidazole rings is 1. The minimum atomic E-state index is -1.22. The van der Waals surface area contributed by atoms with E-state index in [4.69, 9.17) is 15.6 Å². The molecule has 21 heavy (non-hydrogen) atoms. The van der Waals surface area contributed by atoms with Crippen molar-refractivity contribution in [3.05, 3.63) is 18.7 Å². The molecule has 9 heteroatoms. The Kier molecular flexibility index (Phi) is 3.33. The highest BCUT2D eigenvalue weighted by atomic mass is 16.6. The monoisotopic (exact) mass is 293 g/mol. The molecule has 1 fully saturated rings. The van der Waals surface area contributed by atoms with Gasteiger partial charge in [0.25, 0.3) is 0 Å². The van der Waals surface area contributed by atoms with Crippen LogP contribution in [0.15, 0.2) is 12.9 Å². The van der Waals surface area contributed by atoms with Crippen LogP contribution < -0.4 is 5.73 Å². The lowest BCUT2D eigenvalue weighted by Gasteiger charge is -2.16. The summed E-state index contributed by atoms with van der Waals surface area (Å²) >= 11 is 0. The van der Waals surface area contributed by atoms with Crippen molar-refractivity contribution in [3.8, 4) is 0 Å². The second-order valence-corrected chi connectivity index (χ2v) is 4.72. The lowest BCUT2D eigenvalue weighted by atomic mass is 10.1. The number of rotatable bonds is 3. The minimum absolute atomic E-state index is 0.181. The van der Waals surface area contributed by atoms with Gasteiger partial charge in [-0.2, -0.15) is 0 Å². The zero-order valence-corrected chi connectivity index (χ0v) is 11.0. The molecule has 0 saturated carbocycles. The first-order chi connectivity index (χ1) is 10.1. The molecule has 5 N–H and O–H groups in total. The quantitative estimate of drug-likeness (QED) is 0.545. The summed E-state index contributed by atoms with van der Waals surface area (Å²) in [5.41, 5.74) is 6.51. The molecule has 0 aliphatic carbocycles. The van der Waals surface area contributed by atoms with Crippen molar-refractivity contribution in [3.63, 3.8) is 0 Å². The summed E-state index contributed by atoms with van der Waals surface area (Å²) in [7, 11) is 0. The standard InChI is InChI=1S/C12H15N5O4/c1-2-6-15-10(13)7-11(16-6)17(4-14-7)12-9(20)8(19)5(3-18)21-12/h2,4-5,8-9,12,18-20H,1,3H2,(H2,13,15,16)/t5-,8?,9+,12-/m1/s1. The van der Waals surface area contributed by atoms with Gasteiger partial charge in [0.1, 0.15) is 23.8 Å². The van der Waals surface area contributed by atoms with E-state index in [1.54, 1.807) is 0 Å². The van der Waals surface area contributed by atoms with Gasteiger partial charge in [0, 0.05) is 0 Å². The lowest BCUT2D eigenvalue weighted by molar-refractivity contribution is -0.0511. The van der Waals surface area contributed by atoms with Gasteiger partial charge in [-0.05, 0) is 6.08 Å². The van der Waals surface area contributed by atoms with Gasteiger partial charge in [-0.25, -0.2) is 15.0 Å². The van der Waals surface area contributed by atoms with Crippen LogP contribution in [0.2, 0.25) is 0 Å². The van der Waals surface area contributed by atoms with Gasteiger partial charge in [0.2, 0.25) is 0 Å². The number of nitrogens with two attached hydrogens (primary N) is 1. The summed E-state index contributed by atoms with van der Waals surface area (Å²) in [5.74, 6) is 0.494. The Morgan fingerprint density at radius 1 is 1.38 bits per heavy atom. The van der Waals surface area contributed by atoms with Crippen LogP contribution >= 0.6 is 0 Å². The van der Waals surface area contributed by atoms with E-state index in [9.17, 15) is 10.2 Å². The van der Waals surface area contributed by atoms with Crippen molar-refractivity contribution < 1.29 is 20.1 Å².